The third-order valence-electron chi connectivity index (χ3n) is 10.5. The third kappa shape index (κ3) is 3.69. The Hall–Kier alpha value is -6.51. The summed E-state index contributed by atoms with van der Waals surface area (Å²) in [6.45, 7) is 0. The van der Waals surface area contributed by atoms with Crippen molar-refractivity contribution in [1.29, 1.82) is 0 Å². The van der Waals surface area contributed by atoms with Crippen molar-refractivity contribution in [3.8, 4) is 50.3 Å². The molecule has 1 aliphatic carbocycles. The van der Waals surface area contributed by atoms with Crippen molar-refractivity contribution in [3.63, 3.8) is 0 Å². The summed E-state index contributed by atoms with van der Waals surface area (Å²) in [5, 5.41) is 8.69. The van der Waals surface area contributed by atoms with Crippen molar-refractivity contribution in [1.82, 2.24) is 9.55 Å². The molecule has 11 rings (SSSR count). The van der Waals surface area contributed by atoms with Crippen molar-refractivity contribution in [2.45, 2.75) is 0 Å². The second-order valence-electron chi connectivity index (χ2n) is 13.1. The zero-order valence-corrected chi connectivity index (χ0v) is 26.6. The highest BCUT2D eigenvalue weighted by Gasteiger charge is 2.25. The van der Waals surface area contributed by atoms with Gasteiger partial charge in [0.05, 0.1) is 27.9 Å². The minimum Gasteiger partial charge on any atom is -0.309 e. The van der Waals surface area contributed by atoms with E-state index in [0.717, 1.165) is 33.2 Å². The first-order chi connectivity index (χ1) is 24.3. The van der Waals surface area contributed by atoms with Gasteiger partial charge in [-0.05, 0) is 68.4 Å². The van der Waals surface area contributed by atoms with Crippen LogP contribution in [0.15, 0.2) is 170 Å². The number of benzene rings is 8. The second-order valence-corrected chi connectivity index (χ2v) is 13.1. The molecule has 0 unspecified atom stereocenters. The van der Waals surface area contributed by atoms with E-state index >= 15 is 0 Å². The minimum atomic E-state index is 0.978. The van der Waals surface area contributed by atoms with Crippen molar-refractivity contribution in [2.75, 3.05) is 0 Å². The monoisotopic (exact) mass is 620 g/mol. The molecule has 1 aliphatic rings. The van der Waals surface area contributed by atoms with E-state index in [-0.39, 0.29) is 0 Å². The number of hydrogen-bond donors (Lipinski definition) is 0. The maximum atomic E-state index is 5.40. The van der Waals surface area contributed by atoms with Gasteiger partial charge in [-0.15, -0.1) is 0 Å². The summed E-state index contributed by atoms with van der Waals surface area (Å²) in [7, 11) is 0. The number of nitrogens with zero attached hydrogens (tertiary/aromatic N) is 2. The van der Waals surface area contributed by atoms with Crippen molar-refractivity contribution >= 4 is 54.3 Å². The van der Waals surface area contributed by atoms with Crippen LogP contribution in [0.5, 0.6) is 0 Å². The molecule has 0 spiro atoms. The third-order valence-corrected chi connectivity index (χ3v) is 10.5. The molecule has 226 valence electrons. The van der Waals surface area contributed by atoms with E-state index in [2.05, 4.69) is 174 Å². The highest BCUT2D eigenvalue weighted by Crippen LogP contribution is 2.50. The lowest BCUT2D eigenvalue weighted by Gasteiger charge is -2.18. The Bertz CT molecular complexity index is 2970. The summed E-state index contributed by atoms with van der Waals surface area (Å²) in [6.07, 6.45) is 0. The fourth-order valence-electron chi connectivity index (χ4n) is 8.42. The summed E-state index contributed by atoms with van der Waals surface area (Å²) in [4.78, 5) is 5.40. The summed E-state index contributed by atoms with van der Waals surface area (Å²) in [5.74, 6) is 0. The molecule has 2 aromatic heterocycles. The lowest BCUT2D eigenvalue weighted by atomic mass is 9.93. The lowest BCUT2D eigenvalue weighted by molar-refractivity contribution is 1.20. The van der Waals surface area contributed by atoms with Crippen LogP contribution in [0.1, 0.15) is 0 Å². The molecule has 2 heterocycles. The highest BCUT2D eigenvalue weighted by atomic mass is 15.0. The molecule has 0 saturated heterocycles. The fourth-order valence-corrected chi connectivity index (χ4v) is 8.42. The number of fused-ring (bicyclic) bond motifs is 6. The van der Waals surface area contributed by atoms with E-state index < -0.39 is 0 Å². The van der Waals surface area contributed by atoms with Gasteiger partial charge in [-0.3, -0.25) is 0 Å². The summed E-state index contributed by atoms with van der Waals surface area (Å²) >= 11 is 0. The first-order valence-electron chi connectivity index (χ1n) is 16.9. The average molecular weight is 621 g/mol. The van der Waals surface area contributed by atoms with Gasteiger partial charge in [0.1, 0.15) is 0 Å². The molecule has 0 aliphatic heterocycles. The van der Waals surface area contributed by atoms with Gasteiger partial charge in [0.2, 0.25) is 0 Å². The van der Waals surface area contributed by atoms with Gasteiger partial charge in [-0.1, -0.05) is 146 Å². The highest BCUT2D eigenvalue weighted by molar-refractivity contribution is 6.31. The molecule has 0 radical (unpaired) electrons. The van der Waals surface area contributed by atoms with Crippen LogP contribution in [0.3, 0.4) is 0 Å². The molecule has 0 N–H and O–H groups in total. The van der Waals surface area contributed by atoms with E-state index in [9.17, 15) is 0 Å². The van der Waals surface area contributed by atoms with Crippen LogP contribution in [0, 0.1) is 0 Å². The van der Waals surface area contributed by atoms with Crippen LogP contribution in [0.4, 0.5) is 0 Å². The van der Waals surface area contributed by atoms with Gasteiger partial charge < -0.3 is 4.57 Å². The van der Waals surface area contributed by atoms with Crippen molar-refractivity contribution < 1.29 is 0 Å². The molecule has 2 heteroatoms. The molecule has 10 aromatic rings. The molecule has 8 aromatic carbocycles. The van der Waals surface area contributed by atoms with Crippen LogP contribution in [0.25, 0.3) is 105 Å². The van der Waals surface area contributed by atoms with Crippen LogP contribution in [-0.4, -0.2) is 9.55 Å². The predicted molar refractivity (Wildman–Crippen MR) is 206 cm³/mol. The quantitative estimate of drug-likeness (QED) is 0.180. The average Bonchev–Trinajstić information content (AvgIpc) is 3.45. The first-order valence-corrected chi connectivity index (χ1v) is 16.9. The lowest BCUT2D eigenvalue weighted by Crippen LogP contribution is -1.99. The maximum Gasteiger partial charge on any atom is 0.0795 e. The smallest absolute Gasteiger partial charge is 0.0795 e. The standard InChI is InChI=1S/C47H28N2/c1-3-13-29(14-4-1)38-27-40(30-15-5-2-6-16-30)48-47-37-21-10-9-20-34(37)43(28-39(38)47)49-41-24-12-23-36-33-19-8-7-18-32(33)35-22-11-17-31-25-26-42(49)46(44(31)35)45(36)41/h1-28H. The molecule has 0 amide bonds. The second kappa shape index (κ2) is 10.00. The zero-order valence-electron chi connectivity index (χ0n) is 26.6. The van der Waals surface area contributed by atoms with Crippen molar-refractivity contribution in [2.24, 2.45) is 0 Å². The summed E-state index contributed by atoms with van der Waals surface area (Å²) in [6, 6.07) is 61.8. The molecule has 49 heavy (non-hydrogen) atoms. The number of pyridine rings is 1. The number of aromatic nitrogens is 2. The van der Waals surface area contributed by atoms with Crippen LogP contribution in [-0.2, 0) is 0 Å². The Balaban J connectivity index is 1.33. The molecule has 0 saturated carbocycles. The van der Waals surface area contributed by atoms with Crippen LogP contribution >= 0.6 is 0 Å². The van der Waals surface area contributed by atoms with E-state index in [1.54, 1.807) is 0 Å². The Morgan fingerprint density at radius 3 is 1.76 bits per heavy atom. The SMILES string of the molecule is c1ccc(-c2cc(-c3ccccc3)c3cc(-n4c5cccc6c5c5c7c(cccc7ccc54)-c4ccccc4-6)c4ccccc4c3n2)cc1. The maximum absolute atomic E-state index is 5.40. The van der Waals surface area contributed by atoms with Gasteiger partial charge >= 0.3 is 0 Å². The van der Waals surface area contributed by atoms with E-state index in [4.69, 9.17) is 4.98 Å². The largest absolute Gasteiger partial charge is 0.309 e. The van der Waals surface area contributed by atoms with Gasteiger partial charge in [0.25, 0.3) is 0 Å². The topological polar surface area (TPSA) is 17.8 Å². The molecule has 2 nitrogen and oxygen atoms in total. The first kappa shape index (κ1) is 26.5. The minimum absolute atomic E-state index is 0.978. The summed E-state index contributed by atoms with van der Waals surface area (Å²) < 4.78 is 2.51. The van der Waals surface area contributed by atoms with Gasteiger partial charge in [0, 0.05) is 32.5 Å². The van der Waals surface area contributed by atoms with Gasteiger partial charge in [-0.2, -0.15) is 0 Å². The molecular weight excluding hydrogens is 593 g/mol. The van der Waals surface area contributed by atoms with Crippen molar-refractivity contribution in [3.05, 3.63) is 170 Å². The van der Waals surface area contributed by atoms with E-state index in [1.165, 1.54) is 71.3 Å². The predicted octanol–water partition coefficient (Wildman–Crippen LogP) is 12.6. The zero-order chi connectivity index (χ0) is 32.1. The van der Waals surface area contributed by atoms with E-state index in [1.807, 2.05) is 0 Å². The molecule has 0 atom stereocenters. The van der Waals surface area contributed by atoms with E-state index in [0.29, 0.717) is 0 Å². The molecule has 0 bridgehead atoms. The molecule has 0 fully saturated rings. The van der Waals surface area contributed by atoms with Gasteiger partial charge in [0.15, 0.2) is 0 Å². The van der Waals surface area contributed by atoms with Crippen LogP contribution in [0.2, 0.25) is 0 Å². The Labute approximate surface area is 283 Å². The Morgan fingerprint density at radius 1 is 0.367 bits per heavy atom. The summed E-state index contributed by atoms with van der Waals surface area (Å²) in [5.41, 5.74) is 14.2. The Kier molecular flexibility index (Phi) is 5.42. The Morgan fingerprint density at radius 2 is 0.980 bits per heavy atom. The van der Waals surface area contributed by atoms with Crippen LogP contribution < -0.4 is 0 Å². The fraction of sp³-hybridized carbons (Fsp3) is 0. The van der Waals surface area contributed by atoms with Gasteiger partial charge in [-0.25, -0.2) is 4.98 Å². The molecular formula is C47H28N2. The number of hydrogen-bond acceptors (Lipinski definition) is 1. The number of rotatable bonds is 3. The normalized spacial score (nSPS) is 12.1.